The van der Waals surface area contributed by atoms with E-state index < -0.39 is 14.9 Å². The molecular weight excluding hydrogens is 342 g/mol. The van der Waals surface area contributed by atoms with Gasteiger partial charge in [-0.05, 0) is 43.5 Å². The fourth-order valence-corrected chi connectivity index (χ4v) is 4.02. The summed E-state index contributed by atoms with van der Waals surface area (Å²) in [5.41, 5.74) is 1.98. The Labute approximate surface area is 146 Å². The molecule has 1 heterocycles. The van der Waals surface area contributed by atoms with Gasteiger partial charge < -0.3 is 4.90 Å². The molecule has 0 aliphatic carbocycles. The van der Waals surface area contributed by atoms with E-state index in [9.17, 15) is 18.5 Å². The molecule has 25 heavy (non-hydrogen) atoms. The van der Waals surface area contributed by atoms with E-state index in [4.69, 9.17) is 0 Å². The van der Waals surface area contributed by atoms with Gasteiger partial charge in [0, 0.05) is 30.9 Å². The van der Waals surface area contributed by atoms with Gasteiger partial charge in [-0.1, -0.05) is 12.1 Å². The first-order valence-corrected chi connectivity index (χ1v) is 9.48. The Morgan fingerprint density at radius 1 is 1.12 bits per heavy atom. The van der Waals surface area contributed by atoms with Gasteiger partial charge in [0.2, 0.25) is 0 Å². The maximum Gasteiger partial charge on any atom is 0.270 e. The van der Waals surface area contributed by atoms with Crippen molar-refractivity contribution in [2.75, 3.05) is 22.7 Å². The third-order valence-electron chi connectivity index (χ3n) is 4.28. The Kier molecular flexibility index (Phi) is 4.63. The van der Waals surface area contributed by atoms with Crippen LogP contribution in [0.3, 0.4) is 0 Å². The van der Waals surface area contributed by atoms with Crippen LogP contribution in [0.2, 0.25) is 0 Å². The van der Waals surface area contributed by atoms with Crippen LogP contribution in [0.1, 0.15) is 18.4 Å². The smallest absolute Gasteiger partial charge is 0.270 e. The van der Waals surface area contributed by atoms with Crippen molar-refractivity contribution in [3.8, 4) is 0 Å². The molecule has 3 rings (SSSR count). The molecule has 8 heteroatoms. The summed E-state index contributed by atoms with van der Waals surface area (Å²) in [6.45, 7) is 3.74. The molecule has 0 unspecified atom stereocenters. The number of anilines is 2. The van der Waals surface area contributed by atoms with Crippen molar-refractivity contribution in [3.63, 3.8) is 0 Å². The first kappa shape index (κ1) is 17.2. The number of sulfonamides is 1. The molecule has 1 aliphatic rings. The third-order valence-corrected chi connectivity index (χ3v) is 5.64. The number of non-ortho nitro benzene ring substituents is 1. The summed E-state index contributed by atoms with van der Waals surface area (Å²) in [6, 6.07) is 10.7. The van der Waals surface area contributed by atoms with E-state index in [1.807, 2.05) is 25.1 Å². The highest BCUT2D eigenvalue weighted by Crippen LogP contribution is 2.28. The van der Waals surface area contributed by atoms with Gasteiger partial charge >= 0.3 is 0 Å². The second-order valence-electron chi connectivity index (χ2n) is 6.05. The fraction of sp³-hybridized carbons (Fsp3) is 0.294. The summed E-state index contributed by atoms with van der Waals surface area (Å²) < 4.78 is 27.8. The number of benzene rings is 2. The Morgan fingerprint density at radius 2 is 1.84 bits per heavy atom. The monoisotopic (exact) mass is 361 g/mol. The highest BCUT2D eigenvalue weighted by Gasteiger charge is 2.20. The zero-order valence-electron chi connectivity index (χ0n) is 13.8. The maximum absolute atomic E-state index is 12.6. The van der Waals surface area contributed by atoms with E-state index in [1.54, 1.807) is 0 Å². The molecule has 7 nitrogen and oxygen atoms in total. The molecule has 1 N–H and O–H groups in total. The van der Waals surface area contributed by atoms with Crippen molar-refractivity contribution in [1.29, 1.82) is 0 Å². The van der Waals surface area contributed by atoms with E-state index in [0.29, 0.717) is 5.69 Å². The lowest BCUT2D eigenvalue weighted by atomic mass is 10.2. The number of aryl methyl sites for hydroxylation is 1. The number of nitro benzene ring substituents is 1. The number of hydrogen-bond acceptors (Lipinski definition) is 5. The van der Waals surface area contributed by atoms with Crippen LogP contribution in [0.4, 0.5) is 17.1 Å². The number of nitro groups is 1. The van der Waals surface area contributed by atoms with E-state index >= 15 is 0 Å². The van der Waals surface area contributed by atoms with E-state index in [2.05, 4.69) is 9.62 Å². The van der Waals surface area contributed by atoms with Gasteiger partial charge in [-0.2, -0.15) is 0 Å². The van der Waals surface area contributed by atoms with E-state index in [1.165, 1.54) is 18.2 Å². The SMILES string of the molecule is Cc1ccc(N2CCCC2)cc1NS(=O)(=O)c1cccc([N+](=O)[O-])c1. The van der Waals surface area contributed by atoms with Gasteiger partial charge in [0.25, 0.3) is 15.7 Å². The second-order valence-corrected chi connectivity index (χ2v) is 7.74. The van der Waals surface area contributed by atoms with Crippen molar-refractivity contribution < 1.29 is 13.3 Å². The van der Waals surface area contributed by atoms with Crippen molar-refractivity contribution in [2.24, 2.45) is 0 Å². The lowest BCUT2D eigenvalue weighted by Crippen LogP contribution is -2.19. The zero-order valence-corrected chi connectivity index (χ0v) is 14.6. The van der Waals surface area contributed by atoms with E-state index in [0.717, 1.165) is 43.2 Å². The Hall–Kier alpha value is -2.61. The summed E-state index contributed by atoms with van der Waals surface area (Å²) in [7, 11) is -3.91. The van der Waals surface area contributed by atoms with Crippen LogP contribution >= 0.6 is 0 Å². The van der Waals surface area contributed by atoms with Crippen molar-refractivity contribution >= 4 is 27.1 Å². The maximum atomic E-state index is 12.6. The number of nitrogens with zero attached hydrogens (tertiary/aromatic N) is 2. The van der Waals surface area contributed by atoms with Crippen LogP contribution in [0, 0.1) is 17.0 Å². The highest BCUT2D eigenvalue weighted by molar-refractivity contribution is 7.92. The topological polar surface area (TPSA) is 92.6 Å². The van der Waals surface area contributed by atoms with Crippen LogP contribution in [0.5, 0.6) is 0 Å². The lowest BCUT2D eigenvalue weighted by molar-refractivity contribution is -0.385. The highest BCUT2D eigenvalue weighted by atomic mass is 32.2. The predicted molar refractivity (Wildman–Crippen MR) is 96.5 cm³/mol. The third kappa shape index (κ3) is 3.74. The fourth-order valence-electron chi connectivity index (χ4n) is 2.86. The average molecular weight is 361 g/mol. The quantitative estimate of drug-likeness (QED) is 0.651. The molecule has 2 aromatic carbocycles. The molecule has 0 spiro atoms. The average Bonchev–Trinajstić information content (AvgIpc) is 3.11. The van der Waals surface area contributed by atoms with Gasteiger partial charge in [-0.25, -0.2) is 8.42 Å². The molecule has 0 saturated carbocycles. The Morgan fingerprint density at radius 3 is 2.52 bits per heavy atom. The molecule has 0 radical (unpaired) electrons. The summed E-state index contributed by atoms with van der Waals surface area (Å²) in [4.78, 5) is 12.3. The van der Waals surface area contributed by atoms with Crippen LogP contribution in [0.15, 0.2) is 47.4 Å². The molecule has 1 aliphatic heterocycles. The van der Waals surface area contributed by atoms with Crippen LogP contribution in [-0.2, 0) is 10.0 Å². The van der Waals surface area contributed by atoms with Crippen LogP contribution < -0.4 is 9.62 Å². The number of nitrogens with one attached hydrogen (secondary N) is 1. The van der Waals surface area contributed by atoms with Crippen molar-refractivity contribution in [1.82, 2.24) is 0 Å². The van der Waals surface area contributed by atoms with Crippen molar-refractivity contribution in [2.45, 2.75) is 24.7 Å². The molecule has 1 fully saturated rings. The molecule has 0 atom stereocenters. The van der Waals surface area contributed by atoms with Crippen LogP contribution in [-0.4, -0.2) is 26.4 Å². The minimum atomic E-state index is -3.91. The molecule has 132 valence electrons. The van der Waals surface area contributed by atoms with Gasteiger partial charge in [0.05, 0.1) is 15.5 Å². The molecule has 0 aromatic heterocycles. The second kappa shape index (κ2) is 6.72. The summed E-state index contributed by atoms with van der Waals surface area (Å²) >= 11 is 0. The van der Waals surface area contributed by atoms with Gasteiger partial charge in [0.15, 0.2) is 0 Å². The molecular formula is C17H19N3O4S. The number of hydrogen-bond donors (Lipinski definition) is 1. The summed E-state index contributed by atoms with van der Waals surface area (Å²) in [6.07, 6.45) is 2.26. The number of rotatable bonds is 5. The van der Waals surface area contributed by atoms with Gasteiger partial charge in [-0.3, -0.25) is 14.8 Å². The van der Waals surface area contributed by atoms with Gasteiger partial charge in [-0.15, -0.1) is 0 Å². The molecule has 0 amide bonds. The molecule has 2 aromatic rings. The zero-order chi connectivity index (χ0) is 18.0. The largest absolute Gasteiger partial charge is 0.371 e. The van der Waals surface area contributed by atoms with Crippen LogP contribution in [0.25, 0.3) is 0 Å². The standard InChI is InChI=1S/C17H19N3O4S/c1-13-7-8-14(19-9-2-3-10-19)12-17(13)18-25(23,24)16-6-4-5-15(11-16)20(21)22/h4-8,11-12,18H,2-3,9-10H2,1H3. The summed E-state index contributed by atoms with van der Waals surface area (Å²) in [5.74, 6) is 0. The van der Waals surface area contributed by atoms with Crippen molar-refractivity contribution in [3.05, 3.63) is 58.1 Å². The lowest BCUT2D eigenvalue weighted by Gasteiger charge is -2.20. The van der Waals surface area contributed by atoms with E-state index in [-0.39, 0.29) is 10.6 Å². The molecule has 0 bridgehead atoms. The minimum absolute atomic E-state index is 0.132. The minimum Gasteiger partial charge on any atom is -0.371 e. The Balaban J connectivity index is 1.91. The first-order chi connectivity index (χ1) is 11.9. The predicted octanol–water partition coefficient (Wildman–Crippen LogP) is 3.30. The first-order valence-electron chi connectivity index (χ1n) is 8.00. The normalized spacial score (nSPS) is 14.5. The Bertz CT molecular complexity index is 906. The van der Waals surface area contributed by atoms with Gasteiger partial charge in [0.1, 0.15) is 0 Å². The molecule has 1 saturated heterocycles. The summed E-state index contributed by atoms with van der Waals surface area (Å²) in [5, 5.41) is 10.9.